The average Bonchev–Trinajstić information content (AvgIpc) is 2.96. The van der Waals surface area contributed by atoms with E-state index in [2.05, 4.69) is 0 Å². The van der Waals surface area contributed by atoms with Gasteiger partial charge in [-0.15, -0.1) is 0 Å². The van der Waals surface area contributed by atoms with E-state index in [1.807, 2.05) is 20.8 Å². The number of hydrogen-bond acceptors (Lipinski definition) is 4. The molecule has 0 aromatic heterocycles. The zero-order chi connectivity index (χ0) is 16.3. The molecule has 0 N–H and O–H groups in total. The van der Waals surface area contributed by atoms with E-state index >= 15 is 0 Å². The van der Waals surface area contributed by atoms with E-state index in [0.717, 1.165) is 24.0 Å². The molecule has 1 heterocycles. The van der Waals surface area contributed by atoms with Crippen molar-refractivity contribution in [2.45, 2.75) is 44.6 Å². The minimum Gasteiger partial charge on any atom is -0.495 e. The first kappa shape index (κ1) is 17.2. The van der Waals surface area contributed by atoms with E-state index in [1.165, 1.54) is 7.11 Å². The second-order valence-electron chi connectivity index (χ2n) is 5.66. The van der Waals surface area contributed by atoms with Crippen molar-refractivity contribution in [1.29, 1.82) is 0 Å². The molecule has 0 spiro atoms. The van der Waals surface area contributed by atoms with Crippen molar-refractivity contribution in [3.8, 4) is 5.75 Å². The quantitative estimate of drug-likeness (QED) is 0.805. The van der Waals surface area contributed by atoms with Gasteiger partial charge < -0.3 is 9.47 Å². The highest BCUT2D eigenvalue weighted by molar-refractivity contribution is 7.89. The van der Waals surface area contributed by atoms with Gasteiger partial charge in [0.25, 0.3) is 0 Å². The van der Waals surface area contributed by atoms with Crippen LogP contribution in [0.2, 0.25) is 0 Å². The van der Waals surface area contributed by atoms with Crippen molar-refractivity contribution >= 4 is 10.0 Å². The number of nitrogens with zero attached hydrogens (tertiary/aromatic N) is 1. The van der Waals surface area contributed by atoms with Gasteiger partial charge in [-0.3, -0.25) is 0 Å². The maximum atomic E-state index is 13.0. The van der Waals surface area contributed by atoms with Gasteiger partial charge in [-0.2, -0.15) is 4.31 Å². The normalized spacial score (nSPS) is 19.5. The number of rotatable bonds is 6. The maximum Gasteiger partial charge on any atom is 0.247 e. The van der Waals surface area contributed by atoms with Crippen LogP contribution in [0.25, 0.3) is 0 Å². The van der Waals surface area contributed by atoms with Crippen molar-refractivity contribution < 1.29 is 17.9 Å². The summed E-state index contributed by atoms with van der Waals surface area (Å²) in [5.74, 6) is 0.408. The van der Waals surface area contributed by atoms with Crippen LogP contribution in [0, 0.1) is 13.8 Å². The van der Waals surface area contributed by atoms with Crippen LogP contribution in [0.5, 0.6) is 5.75 Å². The Bertz CT molecular complexity index is 627. The molecular formula is C16H25NO4S. The van der Waals surface area contributed by atoms with Crippen LogP contribution in [0.15, 0.2) is 17.0 Å². The highest BCUT2D eigenvalue weighted by atomic mass is 32.2. The van der Waals surface area contributed by atoms with Gasteiger partial charge in [0.05, 0.1) is 13.7 Å². The molecule has 1 atom stereocenters. The first-order valence-corrected chi connectivity index (χ1v) is 9.10. The molecule has 1 aliphatic rings. The molecule has 0 bridgehead atoms. The summed E-state index contributed by atoms with van der Waals surface area (Å²) in [6.45, 7) is 7.36. The summed E-state index contributed by atoms with van der Waals surface area (Å²) < 4.78 is 38.4. The Kier molecular flexibility index (Phi) is 5.47. The Balaban J connectivity index is 2.39. The van der Waals surface area contributed by atoms with Gasteiger partial charge >= 0.3 is 0 Å². The summed E-state index contributed by atoms with van der Waals surface area (Å²) in [6.07, 6.45) is 1.70. The molecular weight excluding hydrogens is 302 g/mol. The van der Waals surface area contributed by atoms with E-state index in [0.29, 0.717) is 25.5 Å². The SMILES string of the molecule is CCOCC1CCCN1S(=O)(=O)c1cc(C)c(C)cc1OC. The number of aryl methyl sites for hydroxylation is 2. The van der Waals surface area contributed by atoms with Gasteiger partial charge in [0, 0.05) is 19.2 Å². The Morgan fingerprint density at radius 2 is 1.95 bits per heavy atom. The largest absolute Gasteiger partial charge is 0.495 e. The monoisotopic (exact) mass is 327 g/mol. The lowest BCUT2D eigenvalue weighted by molar-refractivity contribution is 0.109. The van der Waals surface area contributed by atoms with Crippen molar-refractivity contribution in [1.82, 2.24) is 4.31 Å². The molecule has 1 aromatic carbocycles. The molecule has 5 nitrogen and oxygen atoms in total. The second-order valence-corrected chi connectivity index (χ2v) is 7.52. The second kappa shape index (κ2) is 6.98. The average molecular weight is 327 g/mol. The van der Waals surface area contributed by atoms with Crippen LogP contribution in [0.1, 0.15) is 30.9 Å². The molecule has 0 saturated carbocycles. The Labute approximate surface area is 133 Å². The molecule has 2 rings (SSSR count). The molecule has 0 radical (unpaired) electrons. The molecule has 1 unspecified atom stereocenters. The van der Waals surface area contributed by atoms with Crippen molar-refractivity contribution in [2.24, 2.45) is 0 Å². The first-order chi connectivity index (χ1) is 10.4. The van der Waals surface area contributed by atoms with Gasteiger partial charge in [0.15, 0.2) is 0 Å². The van der Waals surface area contributed by atoms with Crippen molar-refractivity contribution in [2.75, 3.05) is 26.9 Å². The molecule has 1 aromatic rings. The molecule has 1 aliphatic heterocycles. The van der Waals surface area contributed by atoms with E-state index in [9.17, 15) is 8.42 Å². The van der Waals surface area contributed by atoms with Gasteiger partial charge in [-0.25, -0.2) is 8.42 Å². The molecule has 0 amide bonds. The zero-order valence-corrected chi connectivity index (χ0v) is 14.6. The first-order valence-electron chi connectivity index (χ1n) is 7.66. The standard InChI is InChI=1S/C16H25NO4S/c1-5-21-11-14-7-6-8-17(14)22(18,19)16-10-13(3)12(2)9-15(16)20-4/h9-10,14H,5-8,11H2,1-4H3. The summed E-state index contributed by atoms with van der Waals surface area (Å²) in [5.41, 5.74) is 1.96. The van der Waals surface area contributed by atoms with Gasteiger partial charge in [0.2, 0.25) is 10.0 Å². The summed E-state index contributed by atoms with van der Waals surface area (Å²) in [5, 5.41) is 0. The Morgan fingerprint density at radius 3 is 2.59 bits per heavy atom. The summed E-state index contributed by atoms with van der Waals surface area (Å²) >= 11 is 0. The number of hydrogen-bond donors (Lipinski definition) is 0. The molecule has 1 fully saturated rings. The predicted molar refractivity (Wildman–Crippen MR) is 85.9 cm³/mol. The third-order valence-electron chi connectivity index (χ3n) is 4.20. The van der Waals surface area contributed by atoms with Crippen LogP contribution in [-0.4, -0.2) is 45.6 Å². The summed E-state index contributed by atoms with van der Waals surface area (Å²) in [4.78, 5) is 0.251. The molecule has 6 heteroatoms. The number of benzene rings is 1. The topological polar surface area (TPSA) is 55.8 Å². The van der Waals surface area contributed by atoms with E-state index < -0.39 is 10.0 Å². The van der Waals surface area contributed by atoms with Crippen LogP contribution in [0.4, 0.5) is 0 Å². The third kappa shape index (κ3) is 3.29. The minimum absolute atomic E-state index is 0.0868. The lowest BCUT2D eigenvalue weighted by Crippen LogP contribution is -2.38. The molecule has 124 valence electrons. The number of ether oxygens (including phenoxy) is 2. The van der Waals surface area contributed by atoms with Gasteiger partial charge in [-0.05, 0) is 56.9 Å². The van der Waals surface area contributed by atoms with Crippen LogP contribution in [-0.2, 0) is 14.8 Å². The van der Waals surface area contributed by atoms with E-state index in [4.69, 9.17) is 9.47 Å². The Hall–Kier alpha value is -1.11. The van der Waals surface area contributed by atoms with Crippen molar-refractivity contribution in [3.63, 3.8) is 0 Å². The highest BCUT2D eigenvalue weighted by Gasteiger charge is 2.37. The van der Waals surface area contributed by atoms with Crippen LogP contribution >= 0.6 is 0 Å². The highest BCUT2D eigenvalue weighted by Crippen LogP contribution is 2.33. The number of sulfonamides is 1. The molecule has 0 aliphatic carbocycles. The predicted octanol–water partition coefficient (Wildman–Crippen LogP) is 2.50. The fourth-order valence-electron chi connectivity index (χ4n) is 2.80. The smallest absolute Gasteiger partial charge is 0.247 e. The summed E-state index contributed by atoms with van der Waals surface area (Å²) in [7, 11) is -2.07. The van der Waals surface area contributed by atoms with E-state index in [1.54, 1.807) is 16.4 Å². The van der Waals surface area contributed by atoms with Crippen LogP contribution < -0.4 is 4.74 Å². The van der Waals surface area contributed by atoms with Gasteiger partial charge in [0.1, 0.15) is 10.6 Å². The fourth-order valence-corrected chi connectivity index (χ4v) is 4.70. The number of methoxy groups -OCH3 is 1. The summed E-state index contributed by atoms with van der Waals surface area (Å²) in [6, 6.07) is 3.41. The van der Waals surface area contributed by atoms with Crippen molar-refractivity contribution in [3.05, 3.63) is 23.3 Å². The minimum atomic E-state index is -3.57. The van der Waals surface area contributed by atoms with Crippen LogP contribution in [0.3, 0.4) is 0 Å². The lowest BCUT2D eigenvalue weighted by Gasteiger charge is -2.25. The molecule has 1 saturated heterocycles. The van der Waals surface area contributed by atoms with E-state index in [-0.39, 0.29) is 10.9 Å². The lowest BCUT2D eigenvalue weighted by atomic mass is 10.1. The Morgan fingerprint density at radius 1 is 1.27 bits per heavy atom. The van der Waals surface area contributed by atoms with Gasteiger partial charge in [-0.1, -0.05) is 0 Å². The zero-order valence-electron chi connectivity index (χ0n) is 13.8. The fraction of sp³-hybridized carbons (Fsp3) is 0.625. The third-order valence-corrected chi connectivity index (χ3v) is 6.18. The maximum absolute atomic E-state index is 13.0. The molecule has 22 heavy (non-hydrogen) atoms.